The summed E-state index contributed by atoms with van der Waals surface area (Å²) in [6.45, 7) is 5.43. The van der Waals surface area contributed by atoms with Crippen LogP contribution in [0.1, 0.15) is 45.0 Å². The Kier molecular flexibility index (Phi) is 6.54. The molecule has 0 radical (unpaired) electrons. The zero-order chi connectivity index (χ0) is 20.2. The highest BCUT2D eigenvalue weighted by Gasteiger charge is 2.22. The molecule has 0 bridgehead atoms. The fourth-order valence-corrected chi connectivity index (χ4v) is 2.56. The van der Waals surface area contributed by atoms with Crippen molar-refractivity contribution in [3.05, 3.63) is 53.5 Å². The van der Waals surface area contributed by atoms with Gasteiger partial charge in [-0.1, -0.05) is 11.6 Å². The van der Waals surface area contributed by atoms with Crippen LogP contribution in [0.15, 0.2) is 42.1 Å². The number of alkyl halides is 4. The van der Waals surface area contributed by atoms with Crippen LogP contribution >= 0.6 is 0 Å². The topological polar surface area (TPSA) is 61.0 Å². The molecule has 2 aromatic heterocycles. The molecular weight excluding hydrogens is 362 g/mol. The molecule has 0 aliphatic heterocycles. The Labute approximate surface area is 155 Å². The van der Waals surface area contributed by atoms with Gasteiger partial charge in [-0.05, 0) is 45.0 Å². The van der Waals surface area contributed by atoms with Gasteiger partial charge in [0.2, 0.25) is 0 Å². The summed E-state index contributed by atoms with van der Waals surface area (Å²) in [6.07, 6.45) is -2.70. The Morgan fingerprint density at radius 3 is 2.48 bits per heavy atom. The Morgan fingerprint density at radius 1 is 1.19 bits per heavy atom. The highest BCUT2D eigenvalue weighted by molar-refractivity contribution is 5.60. The molecule has 2 aromatic rings. The van der Waals surface area contributed by atoms with Gasteiger partial charge in [-0.3, -0.25) is 4.98 Å². The number of pyridine rings is 2. The van der Waals surface area contributed by atoms with Crippen molar-refractivity contribution in [1.82, 2.24) is 9.97 Å². The third-order valence-electron chi connectivity index (χ3n) is 3.55. The molecule has 0 amide bonds. The van der Waals surface area contributed by atoms with Crippen LogP contribution in [0.3, 0.4) is 0 Å². The molecule has 0 aliphatic carbocycles. The van der Waals surface area contributed by atoms with E-state index in [1.54, 1.807) is 13.0 Å². The minimum Gasteiger partial charge on any atom is -0.489 e. The van der Waals surface area contributed by atoms with Gasteiger partial charge in [0.15, 0.2) is 0 Å². The molecule has 2 rings (SSSR count). The minimum atomic E-state index is -2.90. The number of hydrogen-bond donors (Lipinski definition) is 1. The molecule has 8 heteroatoms. The average Bonchev–Trinajstić information content (AvgIpc) is 2.58. The first-order chi connectivity index (χ1) is 12.6. The van der Waals surface area contributed by atoms with Gasteiger partial charge < -0.3 is 10.5 Å². The molecule has 0 unspecified atom stereocenters. The van der Waals surface area contributed by atoms with Gasteiger partial charge in [0.05, 0.1) is 11.2 Å². The Bertz CT molecular complexity index is 818. The van der Waals surface area contributed by atoms with Crippen LogP contribution < -0.4 is 10.5 Å². The van der Waals surface area contributed by atoms with Gasteiger partial charge in [-0.25, -0.2) is 22.5 Å². The number of nitrogens with two attached hydrogens (primary N) is 1. The van der Waals surface area contributed by atoms with E-state index in [-0.39, 0.29) is 23.6 Å². The first kappa shape index (κ1) is 20.8. The van der Waals surface area contributed by atoms with Crippen LogP contribution in [-0.4, -0.2) is 22.1 Å². The molecule has 27 heavy (non-hydrogen) atoms. The van der Waals surface area contributed by atoms with E-state index in [9.17, 15) is 17.6 Å². The van der Waals surface area contributed by atoms with E-state index >= 15 is 0 Å². The van der Waals surface area contributed by atoms with E-state index < -0.39 is 29.8 Å². The molecule has 146 valence electrons. The van der Waals surface area contributed by atoms with Gasteiger partial charge in [-0.2, -0.15) is 0 Å². The number of aromatic nitrogens is 2. The molecule has 1 atom stereocenters. The zero-order valence-electron chi connectivity index (χ0n) is 15.2. The highest BCUT2D eigenvalue weighted by atomic mass is 19.3. The van der Waals surface area contributed by atoms with E-state index in [2.05, 4.69) is 9.97 Å². The summed E-state index contributed by atoms with van der Waals surface area (Å²) in [6, 6.07) is 5.32. The molecule has 0 spiro atoms. The molecule has 0 saturated carbocycles. The predicted molar refractivity (Wildman–Crippen MR) is 94.9 cm³/mol. The Morgan fingerprint density at radius 2 is 1.89 bits per heavy atom. The highest BCUT2D eigenvalue weighted by Crippen LogP contribution is 2.31. The molecular formula is C19H21F4N3O. The zero-order valence-corrected chi connectivity index (χ0v) is 15.2. The quantitative estimate of drug-likeness (QED) is 0.535. The summed E-state index contributed by atoms with van der Waals surface area (Å²) in [5.41, 5.74) is 5.57. The van der Waals surface area contributed by atoms with E-state index in [0.29, 0.717) is 0 Å². The number of nitrogens with zero attached hydrogens (tertiary/aromatic N) is 2. The van der Waals surface area contributed by atoms with Crippen molar-refractivity contribution >= 4 is 0 Å². The van der Waals surface area contributed by atoms with Gasteiger partial charge in [0.25, 0.3) is 12.9 Å². The maximum atomic E-state index is 13.4. The molecule has 4 nitrogen and oxygen atoms in total. The van der Waals surface area contributed by atoms with Gasteiger partial charge in [0.1, 0.15) is 23.7 Å². The van der Waals surface area contributed by atoms with E-state index in [0.717, 1.165) is 11.6 Å². The lowest BCUT2D eigenvalue weighted by molar-refractivity contribution is 0.137. The molecule has 0 aromatic carbocycles. The van der Waals surface area contributed by atoms with Crippen LogP contribution in [0.5, 0.6) is 5.75 Å². The van der Waals surface area contributed by atoms with Gasteiger partial charge in [-0.15, -0.1) is 0 Å². The van der Waals surface area contributed by atoms with E-state index in [1.165, 1.54) is 24.4 Å². The first-order valence-electron chi connectivity index (χ1n) is 8.20. The molecule has 0 aliphatic rings. The maximum Gasteiger partial charge on any atom is 0.284 e. The molecule has 0 saturated heterocycles. The number of halogens is 4. The largest absolute Gasteiger partial charge is 0.489 e. The van der Waals surface area contributed by atoms with Crippen molar-refractivity contribution in [1.29, 1.82) is 0 Å². The lowest BCUT2D eigenvalue weighted by Gasteiger charge is -2.22. The van der Waals surface area contributed by atoms with Crippen molar-refractivity contribution in [3.63, 3.8) is 0 Å². The van der Waals surface area contributed by atoms with Crippen molar-refractivity contribution in [2.75, 3.05) is 6.61 Å². The summed E-state index contributed by atoms with van der Waals surface area (Å²) in [5, 5.41) is 0. The molecule has 2 N–H and O–H groups in total. The summed E-state index contributed by atoms with van der Waals surface area (Å²) < 4.78 is 58.0. The molecule has 2 heterocycles. The van der Waals surface area contributed by atoms with Crippen LogP contribution in [0, 0.1) is 0 Å². The Hall–Kier alpha value is -2.48. The van der Waals surface area contributed by atoms with E-state index in [1.807, 2.05) is 13.8 Å². The normalized spacial score (nSPS) is 13.6. The second-order valence-electron chi connectivity index (χ2n) is 6.67. The van der Waals surface area contributed by atoms with E-state index in [4.69, 9.17) is 10.5 Å². The summed E-state index contributed by atoms with van der Waals surface area (Å²) in [5.74, 6) is -0.101. The second-order valence-corrected chi connectivity index (χ2v) is 6.67. The summed E-state index contributed by atoms with van der Waals surface area (Å²) in [4.78, 5) is 7.45. The Balaban J connectivity index is 2.32. The standard InChI is InChI=1S/C19H21F4N3O/c1-11(2)9-19(3,24)10-27-15-5-4-13(26-16(15)18(22)23)12-6-7-25-14(8-12)17(20)21/h4-9,17-18H,10,24H2,1-3H3/t19-/m0/s1. The lowest BCUT2D eigenvalue weighted by atomic mass is 10.0. The maximum absolute atomic E-state index is 13.4. The van der Waals surface area contributed by atoms with Crippen molar-refractivity contribution in [2.45, 2.75) is 39.2 Å². The van der Waals surface area contributed by atoms with Crippen LogP contribution in [-0.2, 0) is 0 Å². The minimum absolute atomic E-state index is 0.0241. The smallest absolute Gasteiger partial charge is 0.284 e. The fourth-order valence-electron chi connectivity index (χ4n) is 2.56. The van der Waals surface area contributed by atoms with Gasteiger partial charge in [0, 0.05) is 11.8 Å². The van der Waals surface area contributed by atoms with Crippen molar-refractivity contribution in [3.8, 4) is 17.0 Å². The van der Waals surface area contributed by atoms with Crippen LogP contribution in [0.25, 0.3) is 11.3 Å². The third-order valence-corrected chi connectivity index (χ3v) is 3.55. The van der Waals surface area contributed by atoms with Gasteiger partial charge >= 0.3 is 0 Å². The number of rotatable bonds is 7. The second kappa shape index (κ2) is 8.47. The fraction of sp³-hybridized carbons (Fsp3) is 0.368. The molecule has 0 fully saturated rings. The van der Waals surface area contributed by atoms with Crippen molar-refractivity contribution in [2.24, 2.45) is 5.73 Å². The SMILES string of the molecule is CC(C)=C[C@](C)(N)COc1ccc(-c2ccnc(C(F)F)c2)nc1C(F)F. The summed E-state index contributed by atoms with van der Waals surface area (Å²) in [7, 11) is 0. The lowest BCUT2D eigenvalue weighted by Crippen LogP contribution is -2.40. The number of ether oxygens (including phenoxy) is 1. The third kappa shape index (κ3) is 5.75. The van der Waals surface area contributed by atoms with Crippen LogP contribution in [0.4, 0.5) is 17.6 Å². The monoisotopic (exact) mass is 383 g/mol. The van der Waals surface area contributed by atoms with Crippen LogP contribution in [0.2, 0.25) is 0 Å². The summed E-state index contributed by atoms with van der Waals surface area (Å²) >= 11 is 0. The average molecular weight is 383 g/mol. The number of hydrogen-bond acceptors (Lipinski definition) is 4. The first-order valence-corrected chi connectivity index (χ1v) is 8.20. The predicted octanol–water partition coefficient (Wildman–Crippen LogP) is 5.08. The number of allylic oxidation sites excluding steroid dienone is 1. The van der Waals surface area contributed by atoms with Crippen molar-refractivity contribution < 1.29 is 22.3 Å².